The third kappa shape index (κ3) is 8.70. The van der Waals surface area contributed by atoms with Gasteiger partial charge in [0.1, 0.15) is 0 Å². The summed E-state index contributed by atoms with van der Waals surface area (Å²) in [5, 5.41) is 0. The number of benzene rings is 3. The molecule has 1 radical (unpaired) electrons. The van der Waals surface area contributed by atoms with E-state index in [2.05, 4.69) is 9.44 Å². The van der Waals surface area contributed by atoms with Crippen molar-refractivity contribution in [3.63, 3.8) is 0 Å². The van der Waals surface area contributed by atoms with Crippen LogP contribution >= 0.6 is 0 Å². The van der Waals surface area contributed by atoms with Gasteiger partial charge in [0, 0.05) is 55.7 Å². The zero-order valence-electron chi connectivity index (χ0n) is 21.9. The molecule has 9 nitrogen and oxygen atoms in total. The van der Waals surface area contributed by atoms with Crippen LogP contribution in [0.3, 0.4) is 0 Å². The maximum atomic E-state index is 13.3. The van der Waals surface area contributed by atoms with Gasteiger partial charge in [-0.1, -0.05) is 53.1 Å². The van der Waals surface area contributed by atoms with E-state index in [1.165, 1.54) is 36.4 Å². The molecule has 0 saturated carbocycles. The first-order chi connectivity index (χ1) is 17.3. The monoisotopic (exact) mass is 588 g/mol. The Bertz CT molecular complexity index is 1440. The Labute approximate surface area is 248 Å². The fourth-order valence-corrected chi connectivity index (χ4v) is 6.91. The van der Waals surface area contributed by atoms with Gasteiger partial charge in [0.15, 0.2) is 0 Å². The number of sulfonamides is 3. The predicted molar refractivity (Wildman–Crippen MR) is 148 cm³/mol. The van der Waals surface area contributed by atoms with Gasteiger partial charge < -0.3 is 0 Å². The summed E-state index contributed by atoms with van der Waals surface area (Å²) in [5.41, 5.74) is 2.69. The Kier molecular flexibility index (Phi) is 11.7. The first-order valence-electron chi connectivity index (χ1n) is 11.5. The van der Waals surface area contributed by atoms with Crippen LogP contribution < -0.4 is 9.44 Å². The van der Waals surface area contributed by atoms with Crippen molar-refractivity contribution < 1.29 is 25.3 Å². The van der Waals surface area contributed by atoms with E-state index < -0.39 is 30.1 Å². The van der Waals surface area contributed by atoms with Crippen molar-refractivity contribution in [2.75, 3.05) is 26.2 Å². The van der Waals surface area contributed by atoms with E-state index in [1.807, 2.05) is 20.8 Å². The van der Waals surface area contributed by atoms with Crippen LogP contribution in [0.4, 0.5) is 0 Å². The summed E-state index contributed by atoms with van der Waals surface area (Å²) in [5.74, 6) is 0. The quantitative estimate of drug-likeness (QED) is 0.312. The van der Waals surface area contributed by atoms with Crippen molar-refractivity contribution in [1.82, 2.24) is 13.7 Å². The minimum Gasteiger partial charge on any atom is -0.210 e. The van der Waals surface area contributed by atoms with Crippen molar-refractivity contribution >= 4 is 59.6 Å². The maximum absolute atomic E-state index is 13.3. The maximum Gasteiger partial charge on any atom is 0.243 e. The molecule has 13 heteroatoms. The van der Waals surface area contributed by atoms with E-state index in [0.717, 1.165) is 21.0 Å². The number of rotatable bonds is 12. The van der Waals surface area contributed by atoms with Crippen molar-refractivity contribution in [3.05, 3.63) is 89.5 Å². The second-order valence-corrected chi connectivity index (χ2v) is 14.1. The van der Waals surface area contributed by atoms with Crippen LogP contribution in [-0.2, 0) is 30.1 Å². The average Bonchev–Trinajstić information content (AvgIpc) is 2.84. The number of hydrogen-bond donors (Lipinski definition) is 2. The molecule has 3 aromatic rings. The van der Waals surface area contributed by atoms with Gasteiger partial charge in [0.2, 0.25) is 30.1 Å². The molecule has 0 spiro atoms. The molecule has 2 N–H and O–H groups in total. The minimum atomic E-state index is -4.03. The summed E-state index contributed by atoms with van der Waals surface area (Å²) in [7, 11) is -11.7. The normalized spacial score (nSPS) is 12.3. The molecule has 0 atom stereocenters. The minimum absolute atomic E-state index is 0. The summed E-state index contributed by atoms with van der Waals surface area (Å²) in [6.45, 7) is 4.70. The summed E-state index contributed by atoms with van der Waals surface area (Å²) in [6, 6.07) is 18.8. The van der Waals surface area contributed by atoms with Crippen LogP contribution in [0.15, 0.2) is 87.5 Å². The third-order valence-electron chi connectivity index (χ3n) is 5.63. The van der Waals surface area contributed by atoms with Gasteiger partial charge in [-0.05, 0) is 57.2 Å². The first kappa shape index (κ1) is 32.6. The standard InChI is InChI=1S/C25H31N3O6S3.Na/c1-20-4-10-23(11-5-20)35(29,30)26-16-18-28(37(33,34)25-14-8-22(3)9-15-25)19-17-27-36(31,32)24-12-6-21(2)7-13-24;/h4-15,26-27H,16-19H2,1-3H3;. The van der Waals surface area contributed by atoms with Crippen molar-refractivity contribution in [2.45, 2.75) is 35.5 Å². The Morgan fingerprint density at radius 2 is 0.816 bits per heavy atom. The van der Waals surface area contributed by atoms with Crippen molar-refractivity contribution in [1.29, 1.82) is 0 Å². The van der Waals surface area contributed by atoms with Gasteiger partial charge in [-0.15, -0.1) is 0 Å². The molecule has 0 heterocycles. The number of nitrogens with one attached hydrogen (secondary N) is 2. The van der Waals surface area contributed by atoms with Crippen LogP contribution in [0.5, 0.6) is 0 Å². The summed E-state index contributed by atoms with van der Waals surface area (Å²) < 4.78 is 83.1. The summed E-state index contributed by atoms with van der Waals surface area (Å²) in [4.78, 5) is 0.162. The van der Waals surface area contributed by atoms with Gasteiger partial charge in [-0.25, -0.2) is 34.7 Å². The Morgan fingerprint density at radius 1 is 0.526 bits per heavy atom. The molecule has 0 bridgehead atoms. The van der Waals surface area contributed by atoms with Crippen molar-refractivity contribution in [2.24, 2.45) is 0 Å². The SMILES string of the molecule is Cc1ccc(S(=O)(=O)NCCN(CCNS(=O)(=O)c2ccc(C)cc2)S(=O)(=O)c2ccc(C)cc2)cc1.[Na]. The van der Waals surface area contributed by atoms with E-state index >= 15 is 0 Å². The molecule has 0 aliphatic rings. The molecule has 3 aromatic carbocycles. The smallest absolute Gasteiger partial charge is 0.210 e. The Morgan fingerprint density at radius 3 is 1.13 bits per heavy atom. The molecule has 0 aromatic heterocycles. The van der Waals surface area contributed by atoms with Crippen molar-refractivity contribution in [3.8, 4) is 0 Å². The van der Waals surface area contributed by atoms with Gasteiger partial charge in [-0.3, -0.25) is 0 Å². The zero-order valence-corrected chi connectivity index (χ0v) is 26.3. The molecular formula is C25H31N3NaO6S3. The summed E-state index contributed by atoms with van der Waals surface area (Å²) in [6.07, 6.45) is 0. The van der Waals surface area contributed by atoms with Gasteiger partial charge >= 0.3 is 0 Å². The van der Waals surface area contributed by atoms with Gasteiger partial charge in [0.25, 0.3) is 0 Å². The Hall–Kier alpha value is -1.61. The zero-order chi connectivity index (χ0) is 27.3. The molecule has 0 amide bonds. The molecular weight excluding hydrogens is 557 g/mol. The van der Waals surface area contributed by atoms with Crippen LogP contribution in [-0.4, -0.2) is 85.3 Å². The molecule has 0 fully saturated rings. The second-order valence-electron chi connectivity index (χ2n) is 8.64. The van der Waals surface area contributed by atoms with E-state index in [4.69, 9.17) is 0 Å². The second kappa shape index (κ2) is 13.6. The van der Waals surface area contributed by atoms with Crippen LogP contribution in [0.25, 0.3) is 0 Å². The fraction of sp³-hybridized carbons (Fsp3) is 0.280. The largest absolute Gasteiger partial charge is 0.243 e. The first-order valence-corrected chi connectivity index (χ1v) is 15.9. The molecule has 38 heavy (non-hydrogen) atoms. The topological polar surface area (TPSA) is 130 Å². The molecule has 3 rings (SSSR count). The summed E-state index contributed by atoms with van der Waals surface area (Å²) >= 11 is 0. The molecule has 0 unspecified atom stereocenters. The van der Waals surface area contributed by atoms with Crippen LogP contribution in [0.1, 0.15) is 16.7 Å². The van der Waals surface area contributed by atoms with Crippen LogP contribution in [0.2, 0.25) is 0 Å². The predicted octanol–water partition coefficient (Wildman–Crippen LogP) is 2.18. The van der Waals surface area contributed by atoms with E-state index in [9.17, 15) is 25.3 Å². The number of nitrogens with zero attached hydrogens (tertiary/aromatic N) is 1. The molecule has 201 valence electrons. The third-order valence-corrected chi connectivity index (χ3v) is 10.5. The van der Waals surface area contributed by atoms with Crippen LogP contribution in [0, 0.1) is 20.8 Å². The van der Waals surface area contributed by atoms with E-state index in [-0.39, 0.29) is 70.4 Å². The average molecular weight is 589 g/mol. The van der Waals surface area contributed by atoms with Gasteiger partial charge in [0.05, 0.1) is 14.7 Å². The molecule has 0 aliphatic carbocycles. The molecule has 0 saturated heterocycles. The number of aryl methyl sites for hydroxylation is 3. The van der Waals surface area contributed by atoms with E-state index in [0.29, 0.717) is 0 Å². The fourth-order valence-electron chi connectivity index (χ4n) is 3.42. The molecule has 0 aliphatic heterocycles. The van der Waals surface area contributed by atoms with E-state index in [1.54, 1.807) is 36.4 Å². The van der Waals surface area contributed by atoms with Gasteiger partial charge in [-0.2, -0.15) is 4.31 Å². The number of hydrogen-bond acceptors (Lipinski definition) is 6. The Balaban J connectivity index is 0.00000507.